The highest BCUT2D eigenvalue weighted by Crippen LogP contribution is 2.54. The van der Waals surface area contributed by atoms with Crippen molar-refractivity contribution in [2.75, 3.05) is 0 Å². The summed E-state index contributed by atoms with van der Waals surface area (Å²) in [5.74, 6) is 0. The summed E-state index contributed by atoms with van der Waals surface area (Å²) in [4.78, 5) is 9.22. The van der Waals surface area contributed by atoms with E-state index in [1.165, 1.54) is 66.1 Å². The Balaban J connectivity index is 1.56. The summed E-state index contributed by atoms with van der Waals surface area (Å²) in [6.45, 7) is 4.70. The van der Waals surface area contributed by atoms with Crippen molar-refractivity contribution in [1.29, 1.82) is 0 Å². The van der Waals surface area contributed by atoms with E-state index in [9.17, 15) is 0 Å². The van der Waals surface area contributed by atoms with Crippen LogP contribution in [0.2, 0.25) is 0 Å². The molecule has 0 unspecified atom stereocenters. The average Bonchev–Trinajstić information content (AvgIpc) is 3.27. The van der Waals surface area contributed by atoms with Gasteiger partial charge in [-0.2, -0.15) is 0 Å². The van der Waals surface area contributed by atoms with E-state index < -0.39 is 0 Å². The number of benzene rings is 6. The molecule has 41 heavy (non-hydrogen) atoms. The van der Waals surface area contributed by atoms with Gasteiger partial charge in [-0.25, -0.2) is 0 Å². The minimum Gasteiger partial charge on any atom is -0.261 e. The van der Waals surface area contributed by atoms with Crippen LogP contribution in [0.1, 0.15) is 25.0 Å². The maximum atomic E-state index is 4.78. The van der Waals surface area contributed by atoms with Crippen molar-refractivity contribution < 1.29 is 0 Å². The standard InChI is InChI=1S/C39H28N2/c1-39(2)33-17-9-8-15-30(33)37-31(16-10-18-34(37)39)36-27-13-6-7-14-28(27)38(35-24-40-21-22-41-35)29-20-19-26(23-32(29)36)25-11-4-3-5-12-25/h3-24H,1-2H3. The molecule has 1 aliphatic carbocycles. The van der Waals surface area contributed by atoms with Crippen LogP contribution in [-0.4, -0.2) is 9.97 Å². The number of nitrogens with zero attached hydrogens (tertiary/aromatic N) is 2. The predicted octanol–water partition coefficient (Wildman–Crippen LogP) is 10.1. The molecule has 0 saturated carbocycles. The van der Waals surface area contributed by atoms with E-state index in [0.717, 1.165) is 11.3 Å². The first kappa shape index (κ1) is 23.8. The van der Waals surface area contributed by atoms with Crippen LogP contribution in [0, 0.1) is 0 Å². The van der Waals surface area contributed by atoms with Gasteiger partial charge in [0, 0.05) is 23.4 Å². The van der Waals surface area contributed by atoms with Crippen molar-refractivity contribution in [1.82, 2.24) is 9.97 Å². The summed E-state index contributed by atoms with van der Waals surface area (Å²) in [7, 11) is 0. The van der Waals surface area contributed by atoms with Crippen molar-refractivity contribution in [3.8, 4) is 44.6 Å². The number of rotatable bonds is 3. The van der Waals surface area contributed by atoms with Crippen LogP contribution in [0.5, 0.6) is 0 Å². The molecule has 0 N–H and O–H groups in total. The van der Waals surface area contributed by atoms with Crippen molar-refractivity contribution in [3.63, 3.8) is 0 Å². The molecule has 0 bridgehead atoms. The molecule has 2 heteroatoms. The van der Waals surface area contributed by atoms with Crippen LogP contribution in [0.3, 0.4) is 0 Å². The Morgan fingerprint density at radius 2 is 1.17 bits per heavy atom. The highest BCUT2D eigenvalue weighted by atomic mass is 14.8. The van der Waals surface area contributed by atoms with E-state index in [2.05, 4.69) is 134 Å². The van der Waals surface area contributed by atoms with Gasteiger partial charge in [0.2, 0.25) is 0 Å². The van der Waals surface area contributed by atoms with Gasteiger partial charge in [-0.05, 0) is 72.1 Å². The molecule has 2 nitrogen and oxygen atoms in total. The Hall–Kier alpha value is -5.08. The lowest BCUT2D eigenvalue weighted by Crippen LogP contribution is -2.14. The first-order valence-electron chi connectivity index (χ1n) is 14.2. The Labute approximate surface area is 240 Å². The second kappa shape index (κ2) is 8.97. The molecule has 1 aromatic heterocycles. The summed E-state index contributed by atoms with van der Waals surface area (Å²) >= 11 is 0. The zero-order chi connectivity index (χ0) is 27.6. The third-order valence-corrected chi connectivity index (χ3v) is 8.83. The molecule has 1 heterocycles. The van der Waals surface area contributed by atoms with Crippen LogP contribution >= 0.6 is 0 Å². The maximum absolute atomic E-state index is 4.78. The minimum atomic E-state index is -0.0672. The average molecular weight is 525 g/mol. The van der Waals surface area contributed by atoms with E-state index in [4.69, 9.17) is 4.98 Å². The minimum absolute atomic E-state index is 0.0672. The van der Waals surface area contributed by atoms with Gasteiger partial charge in [0.05, 0.1) is 11.9 Å². The molecule has 0 saturated heterocycles. The third-order valence-electron chi connectivity index (χ3n) is 8.83. The molecule has 0 spiro atoms. The Kier molecular flexibility index (Phi) is 5.20. The maximum Gasteiger partial charge on any atom is 0.0897 e. The SMILES string of the molecule is CC1(C)c2ccccc2-c2c(-c3c4ccccc4c(-c4cnccn4)c4ccc(-c5ccccc5)cc34)cccc21. The van der Waals surface area contributed by atoms with Gasteiger partial charge in [0.25, 0.3) is 0 Å². The van der Waals surface area contributed by atoms with E-state index in [1.54, 1.807) is 12.4 Å². The molecule has 6 aromatic carbocycles. The van der Waals surface area contributed by atoms with Gasteiger partial charge in [-0.3, -0.25) is 9.97 Å². The molecular weight excluding hydrogens is 496 g/mol. The molecule has 0 amide bonds. The topological polar surface area (TPSA) is 25.8 Å². The van der Waals surface area contributed by atoms with Gasteiger partial charge < -0.3 is 0 Å². The van der Waals surface area contributed by atoms with Gasteiger partial charge in [0.15, 0.2) is 0 Å². The fourth-order valence-electron chi connectivity index (χ4n) is 6.95. The summed E-state index contributed by atoms with van der Waals surface area (Å²) < 4.78 is 0. The zero-order valence-electron chi connectivity index (χ0n) is 23.1. The summed E-state index contributed by atoms with van der Waals surface area (Å²) in [5, 5.41) is 4.82. The lowest BCUT2D eigenvalue weighted by molar-refractivity contribution is 0.660. The van der Waals surface area contributed by atoms with Gasteiger partial charge in [0.1, 0.15) is 0 Å². The van der Waals surface area contributed by atoms with Crippen molar-refractivity contribution in [2.45, 2.75) is 19.3 Å². The molecule has 0 aliphatic heterocycles. The Morgan fingerprint density at radius 3 is 1.98 bits per heavy atom. The third kappa shape index (κ3) is 3.50. The Morgan fingerprint density at radius 1 is 0.488 bits per heavy atom. The van der Waals surface area contributed by atoms with Gasteiger partial charge >= 0.3 is 0 Å². The molecule has 194 valence electrons. The smallest absolute Gasteiger partial charge is 0.0897 e. The largest absolute Gasteiger partial charge is 0.261 e. The van der Waals surface area contributed by atoms with Crippen molar-refractivity contribution in [3.05, 3.63) is 145 Å². The number of fused-ring (bicyclic) bond motifs is 5. The van der Waals surface area contributed by atoms with Crippen LogP contribution in [-0.2, 0) is 5.41 Å². The molecule has 1 aliphatic rings. The van der Waals surface area contributed by atoms with E-state index >= 15 is 0 Å². The molecule has 8 rings (SSSR count). The van der Waals surface area contributed by atoms with E-state index in [1.807, 2.05) is 6.20 Å². The fraction of sp³-hybridized carbons (Fsp3) is 0.0769. The van der Waals surface area contributed by atoms with Crippen molar-refractivity contribution in [2.24, 2.45) is 0 Å². The first-order valence-corrected chi connectivity index (χ1v) is 14.2. The van der Waals surface area contributed by atoms with Crippen LogP contribution in [0.15, 0.2) is 134 Å². The zero-order valence-corrected chi connectivity index (χ0v) is 23.1. The second-order valence-corrected chi connectivity index (χ2v) is 11.4. The van der Waals surface area contributed by atoms with Gasteiger partial charge in [-0.1, -0.05) is 123 Å². The fourth-order valence-corrected chi connectivity index (χ4v) is 6.95. The number of hydrogen-bond donors (Lipinski definition) is 0. The van der Waals surface area contributed by atoms with Gasteiger partial charge in [-0.15, -0.1) is 0 Å². The first-order chi connectivity index (χ1) is 20.1. The molecule has 0 radical (unpaired) electrons. The van der Waals surface area contributed by atoms with Crippen LogP contribution in [0.25, 0.3) is 66.2 Å². The molecular formula is C39H28N2. The summed E-state index contributed by atoms with van der Waals surface area (Å²) in [6, 6.07) is 42.1. The highest BCUT2D eigenvalue weighted by molar-refractivity contribution is 6.23. The number of hydrogen-bond acceptors (Lipinski definition) is 2. The van der Waals surface area contributed by atoms with Crippen LogP contribution in [0.4, 0.5) is 0 Å². The normalized spacial score (nSPS) is 13.3. The monoisotopic (exact) mass is 524 g/mol. The van der Waals surface area contributed by atoms with Crippen molar-refractivity contribution >= 4 is 21.5 Å². The number of aromatic nitrogens is 2. The van der Waals surface area contributed by atoms with Crippen LogP contribution < -0.4 is 0 Å². The highest BCUT2D eigenvalue weighted by Gasteiger charge is 2.37. The molecule has 7 aromatic rings. The molecule has 0 atom stereocenters. The quantitative estimate of drug-likeness (QED) is 0.215. The lowest BCUT2D eigenvalue weighted by atomic mass is 9.80. The lowest BCUT2D eigenvalue weighted by Gasteiger charge is -2.22. The summed E-state index contributed by atoms with van der Waals surface area (Å²) in [5.41, 5.74) is 12.3. The van der Waals surface area contributed by atoms with E-state index in [0.29, 0.717) is 0 Å². The Bertz CT molecular complexity index is 2110. The van der Waals surface area contributed by atoms with E-state index in [-0.39, 0.29) is 5.41 Å². The predicted molar refractivity (Wildman–Crippen MR) is 171 cm³/mol. The summed E-state index contributed by atoms with van der Waals surface area (Å²) in [6.07, 6.45) is 5.40. The second-order valence-electron chi connectivity index (χ2n) is 11.4. The molecule has 0 fully saturated rings.